The molecule has 0 bridgehead atoms. The molecule has 2 heterocycles. The van der Waals surface area contributed by atoms with Crippen molar-refractivity contribution in [3.05, 3.63) is 0 Å². The second-order valence-electron chi connectivity index (χ2n) is 6.28. The van der Waals surface area contributed by atoms with Gasteiger partial charge < -0.3 is 15.4 Å². The summed E-state index contributed by atoms with van der Waals surface area (Å²) in [5.74, 6) is 0.437. The standard InChI is InChI=1S/C15H28N2O2/c1-9-11(3)19-12(4)14(9)15(18)17-10(2)13-7-5-6-8-16-13/h9-14,16H,5-8H2,1-4H3,(H,17,18). The van der Waals surface area contributed by atoms with Gasteiger partial charge in [0.25, 0.3) is 0 Å². The molecule has 0 aromatic carbocycles. The quantitative estimate of drug-likeness (QED) is 0.819. The Kier molecular flexibility index (Phi) is 4.85. The summed E-state index contributed by atoms with van der Waals surface area (Å²) < 4.78 is 5.76. The van der Waals surface area contributed by atoms with Gasteiger partial charge in [-0.2, -0.15) is 0 Å². The molecule has 2 aliphatic heterocycles. The largest absolute Gasteiger partial charge is 0.374 e. The second kappa shape index (κ2) is 6.23. The fourth-order valence-electron chi connectivity index (χ4n) is 3.45. The molecule has 6 unspecified atom stereocenters. The van der Waals surface area contributed by atoms with Gasteiger partial charge in [-0.3, -0.25) is 4.79 Å². The van der Waals surface area contributed by atoms with Crippen LogP contribution in [0.15, 0.2) is 0 Å². The highest BCUT2D eigenvalue weighted by molar-refractivity contribution is 5.80. The summed E-state index contributed by atoms with van der Waals surface area (Å²) >= 11 is 0. The average Bonchev–Trinajstić information content (AvgIpc) is 2.64. The van der Waals surface area contributed by atoms with E-state index in [-0.39, 0.29) is 30.1 Å². The van der Waals surface area contributed by atoms with Crippen molar-refractivity contribution in [1.82, 2.24) is 10.6 Å². The third-order valence-corrected chi connectivity index (χ3v) is 4.87. The lowest BCUT2D eigenvalue weighted by Gasteiger charge is -2.31. The van der Waals surface area contributed by atoms with E-state index in [4.69, 9.17) is 4.74 Å². The Balaban J connectivity index is 1.89. The lowest BCUT2D eigenvalue weighted by molar-refractivity contribution is -0.128. The first kappa shape index (κ1) is 14.8. The van der Waals surface area contributed by atoms with Gasteiger partial charge >= 0.3 is 0 Å². The minimum absolute atomic E-state index is 0.0129. The van der Waals surface area contributed by atoms with Gasteiger partial charge in [0, 0.05) is 12.1 Å². The number of hydrogen-bond donors (Lipinski definition) is 2. The number of rotatable bonds is 3. The third kappa shape index (κ3) is 3.29. The molecule has 6 atom stereocenters. The molecule has 0 aliphatic carbocycles. The maximum absolute atomic E-state index is 12.4. The zero-order chi connectivity index (χ0) is 14.0. The molecular formula is C15H28N2O2. The molecule has 4 nitrogen and oxygen atoms in total. The molecular weight excluding hydrogens is 240 g/mol. The van der Waals surface area contributed by atoms with Gasteiger partial charge in [-0.05, 0) is 46.1 Å². The van der Waals surface area contributed by atoms with E-state index in [0.29, 0.717) is 12.0 Å². The Morgan fingerprint density at radius 1 is 1.26 bits per heavy atom. The van der Waals surface area contributed by atoms with Crippen LogP contribution in [0.25, 0.3) is 0 Å². The monoisotopic (exact) mass is 268 g/mol. The van der Waals surface area contributed by atoms with Crippen molar-refractivity contribution in [3.63, 3.8) is 0 Å². The third-order valence-electron chi connectivity index (χ3n) is 4.87. The molecule has 110 valence electrons. The summed E-state index contributed by atoms with van der Waals surface area (Å²) in [6.07, 6.45) is 3.86. The van der Waals surface area contributed by atoms with E-state index >= 15 is 0 Å². The fraction of sp³-hybridized carbons (Fsp3) is 0.933. The average molecular weight is 268 g/mol. The van der Waals surface area contributed by atoms with E-state index in [1.807, 2.05) is 6.92 Å². The van der Waals surface area contributed by atoms with Crippen molar-refractivity contribution in [3.8, 4) is 0 Å². The van der Waals surface area contributed by atoms with Crippen molar-refractivity contribution in [2.24, 2.45) is 11.8 Å². The maximum atomic E-state index is 12.4. The van der Waals surface area contributed by atoms with Gasteiger partial charge in [-0.15, -0.1) is 0 Å². The first-order chi connectivity index (χ1) is 9.00. The Labute approximate surface area is 116 Å². The van der Waals surface area contributed by atoms with Crippen molar-refractivity contribution >= 4 is 5.91 Å². The first-order valence-corrected chi connectivity index (χ1v) is 7.70. The first-order valence-electron chi connectivity index (χ1n) is 7.70. The fourth-order valence-corrected chi connectivity index (χ4v) is 3.45. The van der Waals surface area contributed by atoms with Gasteiger partial charge in [-0.25, -0.2) is 0 Å². The van der Waals surface area contributed by atoms with Gasteiger partial charge in [0.15, 0.2) is 0 Å². The van der Waals surface area contributed by atoms with Crippen molar-refractivity contribution in [2.45, 2.75) is 71.2 Å². The number of ether oxygens (including phenoxy) is 1. The van der Waals surface area contributed by atoms with E-state index in [2.05, 4.69) is 31.4 Å². The molecule has 0 aromatic heterocycles. The highest BCUT2D eigenvalue weighted by Gasteiger charge is 2.42. The van der Waals surface area contributed by atoms with Crippen LogP contribution in [0, 0.1) is 11.8 Å². The van der Waals surface area contributed by atoms with Crippen LogP contribution in [0.1, 0.15) is 47.0 Å². The number of nitrogens with one attached hydrogen (secondary N) is 2. The van der Waals surface area contributed by atoms with E-state index in [1.165, 1.54) is 12.8 Å². The van der Waals surface area contributed by atoms with Crippen LogP contribution >= 0.6 is 0 Å². The summed E-state index contributed by atoms with van der Waals surface area (Å²) in [7, 11) is 0. The summed E-state index contributed by atoms with van der Waals surface area (Å²) in [6, 6.07) is 0.617. The summed E-state index contributed by atoms with van der Waals surface area (Å²) in [5, 5.41) is 6.69. The van der Waals surface area contributed by atoms with Crippen LogP contribution in [0.4, 0.5) is 0 Å². The van der Waals surface area contributed by atoms with Crippen LogP contribution in [-0.4, -0.2) is 36.7 Å². The Hall–Kier alpha value is -0.610. The molecule has 2 fully saturated rings. The molecule has 2 rings (SSSR count). The summed E-state index contributed by atoms with van der Waals surface area (Å²) in [6.45, 7) is 9.35. The van der Waals surface area contributed by atoms with Gasteiger partial charge in [0.1, 0.15) is 0 Å². The van der Waals surface area contributed by atoms with Crippen LogP contribution in [-0.2, 0) is 9.53 Å². The number of carbonyl (C=O) groups excluding carboxylic acids is 1. The number of hydrogen-bond acceptors (Lipinski definition) is 3. The normalized spacial score (nSPS) is 40.9. The molecule has 4 heteroatoms. The smallest absolute Gasteiger partial charge is 0.226 e. The molecule has 0 spiro atoms. The molecule has 1 amide bonds. The number of amides is 1. The lowest BCUT2D eigenvalue weighted by Crippen LogP contribution is -2.52. The minimum Gasteiger partial charge on any atom is -0.374 e. The maximum Gasteiger partial charge on any atom is 0.226 e. The molecule has 0 radical (unpaired) electrons. The SMILES string of the molecule is CC(NC(=O)C1C(C)OC(C)C1C)C1CCCCN1. The molecule has 0 aromatic rings. The van der Waals surface area contributed by atoms with E-state index in [9.17, 15) is 4.79 Å². The summed E-state index contributed by atoms with van der Waals surface area (Å²) in [5.41, 5.74) is 0. The predicted octanol–water partition coefficient (Wildman–Crippen LogP) is 1.69. The van der Waals surface area contributed by atoms with E-state index in [1.54, 1.807) is 0 Å². The van der Waals surface area contributed by atoms with Crippen LogP contribution in [0.2, 0.25) is 0 Å². The molecule has 2 aliphatic rings. The highest BCUT2D eigenvalue weighted by Crippen LogP contribution is 2.32. The molecule has 19 heavy (non-hydrogen) atoms. The van der Waals surface area contributed by atoms with Gasteiger partial charge in [0.2, 0.25) is 5.91 Å². The van der Waals surface area contributed by atoms with E-state index in [0.717, 1.165) is 13.0 Å². The zero-order valence-corrected chi connectivity index (χ0v) is 12.6. The molecule has 0 saturated carbocycles. The lowest BCUT2D eigenvalue weighted by atomic mass is 9.88. The number of carbonyl (C=O) groups is 1. The van der Waals surface area contributed by atoms with E-state index < -0.39 is 0 Å². The van der Waals surface area contributed by atoms with Crippen molar-refractivity contribution < 1.29 is 9.53 Å². The Morgan fingerprint density at radius 2 is 2.00 bits per heavy atom. The van der Waals surface area contributed by atoms with Crippen molar-refractivity contribution in [2.75, 3.05) is 6.54 Å². The van der Waals surface area contributed by atoms with Gasteiger partial charge in [-0.1, -0.05) is 13.3 Å². The van der Waals surface area contributed by atoms with Crippen LogP contribution < -0.4 is 10.6 Å². The predicted molar refractivity (Wildman–Crippen MR) is 75.9 cm³/mol. The Morgan fingerprint density at radius 3 is 2.53 bits per heavy atom. The summed E-state index contributed by atoms with van der Waals surface area (Å²) in [4.78, 5) is 12.4. The van der Waals surface area contributed by atoms with Crippen molar-refractivity contribution in [1.29, 1.82) is 0 Å². The number of piperidine rings is 1. The Bertz CT molecular complexity index is 315. The van der Waals surface area contributed by atoms with Gasteiger partial charge in [0.05, 0.1) is 18.1 Å². The second-order valence-corrected chi connectivity index (χ2v) is 6.28. The molecule has 2 N–H and O–H groups in total. The topological polar surface area (TPSA) is 50.4 Å². The highest BCUT2D eigenvalue weighted by atomic mass is 16.5. The zero-order valence-electron chi connectivity index (χ0n) is 12.6. The minimum atomic E-state index is -0.0129. The van der Waals surface area contributed by atoms with Crippen LogP contribution in [0.5, 0.6) is 0 Å². The molecule has 2 saturated heterocycles. The van der Waals surface area contributed by atoms with Crippen LogP contribution in [0.3, 0.4) is 0 Å².